The first-order valence-corrected chi connectivity index (χ1v) is 9.57. The highest BCUT2D eigenvalue weighted by atomic mass is 16.5. The Morgan fingerprint density at radius 3 is 2.43 bits per heavy atom. The Morgan fingerprint density at radius 1 is 1.04 bits per heavy atom. The molecule has 1 N–H and O–H groups in total. The third kappa shape index (κ3) is 5.64. The molecule has 3 aromatic rings. The number of aryl methyl sites for hydroxylation is 2. The molecule has 28 heavy (non-hydrogen) atoms. The lowest BCUT2D eigenvalue weighted by atomic mass is 10.0. The molecule has 0 aliphatic heterocycles. The molecule has 0 fully saturated rings. The first kappa shape index (κ1) is 19.5. The molecule has 0 saturated carbocycles. The van der Waals surface area contributed by atoms with Crippen molar-refractivity contribution in [2.75, 3.05) is 5.32 Å². The van der Waals surface area contributed by atoms with E-state index >= 15 is 0 Å². The molecule has 5 nitrogen and oxygen atoms in total. The summed E-state index contributed by atoms with van der Waals surface area (Å²) in [5, 5.41) is 2.97. The molecule has 0 aliphatic rings. The maximum atomic E-state index is 12.4. The first-order valence-electron chi connectivity index (χ1n) is 9.57. The number of unbranched alkanes of at least 4 members (excludes halogenated alkanes) is 1. The summed E-state index contributed by atoms with van der Waals surface area (Å²) in [4.78, 5) is 20.5. The number of carbonyl (C=O) groups excluding carboxylic acids is 1. The van der Waals surface area contributed by atoms with E-state index in [1.807, 2.05) is 31.2 Å². The van der Waals surface area contributed by atoms with Crippen molar-refractivity contribution in [3.05, 3.63) is 77.6 Å². The monoisotopic (exact) mass is 375 g/mol. The first-order chi connectivity index (χ1) is 13.6. The molecule has 0 spiro atoms. The van der Waals surface area contributed by atoms with E-state index in [0.717, 1.165) is 23.2 Å². The molecule has 2 aromatic carbocycles. The van der Waals surface area contributed by atoms with Gasteiger partial charge in [0.1, 0.15) is 5.75 Å². The van der Waals surface area contributed by atoms with Crippen molar-refractivity contribution in [1.29, 1.82) is 0 Å². The number of nitrogens with zero attached hydrogens (tertiary/aromatic N) is 2. The van der Waals surface area contributed by atoms with Crippen molar-refractivity contribution in [3.8, 4) is 11.8 Å². The molecule has 1 aromatic heterocycles. The van der Waals surface area contributed by atoms with Crippen LogP contribution in [0.4, 0.5) is 5.69 Å². The van der Waals surface area contributed by atoms with Crippen LogP contribution in [0.25, 0.3) is 0 Å². The zero-order chi connectivity index (χ0) is 19.8. The van der Waals surface area contributed by atoms with E-state index in [0.29, 0.717) is 18.2 Å². The summed E-state index contributed by atoms with van der Waals surface area (Å²) in [6.45, 7) is 4.12. The van der Waals surface area contributed by atoms with Gasteiger partial charge in [-0.2, -0.15) is 0 Å². The highest BCUT2D eigenvalue weighted by Crippen LogP contribution is 2.24. The number of hydrogen-bond donors (Lipinski definition) is 1. The van der Waals surface area contributed by atoms with Crippen LogP contribution >= 0.6 is 0 Å². The summed E-state index contributed by atoms with van der Waals surface area (Å²) >= 11 is 0. The molecule has 0 saturated heterocycles. The van der Waals surface area contributed by atoms with Crippen molar-refractivity contribution in [2.24, 2.45) is 0 Å². The van der Waals surface area contributed by atoms with E-state index in [2.05, 4.69) is 34.3 Å². The number of hydrogen-bond acceptors (Lipinski definition) is 4. The Kier molecular flexibility index (Phi) is 6.73. The quantitative estimate of drug-likeness (QED) is 0.595. The second kappa shape index (κ2) is 9.65. The fourth-order valence-corrected chi connectivity index (χ4v) is 2.87. The second-order valence-electron chi connectivity index (χ2n) is 6.76. The third-order valence-electron chi connectivity index (χ3n) is 4.43. The average molecular weight is 375 g/mol. The predicted octanol–water partition coefficient (Wildman–Crippen LogP) is 5.10. The standard InChI is InChI=1S/C23H25N3O2/c1-3-4-6-18-7-9-19(10-8-18)16-22(27)26-21-12-11-20(15-17(21)2)28-23-24-13-5-14-25-23/h5,7-15H,3-4,6,16H2,1-2H3,(H,26,27). The average Bonchev–Trinajstić information content (AvgIpc) is 2.70. The highest BCUT2D eigenvalue weighted by Gasteiger charge is 2.08. The van der Waals surface area contributed by atoms with Gasteiger partial charge in [0.25, 0.3) is 0 Å². The zero-order valence-corrected chi connectivity index (χ0v) is 16.3. The number of benzene rings is 2. The minimum atomic E-state index is -0.0375. The van der Waals surface area contributed by atoms with Crippen LogP contribution in [0.5, 0.6) is 11.8 Å². The largest absolute Gasteiger partial charge is 0.424 e. The van der Waals surface area contributed by atoms with Crippen LogP contribution in [0, 0.1) is 6.92 Å². The Morgan fingerprint density at radius 2 is 1.75 bits per heavy atom. The summed E-state index contributed by atoms with van der Waals surface area (Å²) < 4.78 is 5.62. The van der Waals surface area contributed by atoms with Crippen molar-refractivity contribution < 1.29 is 9.53 Å². The maximum Gasteiger partial charge on any atom is 0.321 e. The molecule has 3 rings (SSSR count). The minimum Gasteiger partial charge on any atom is -0.424 e. The van der Waals surface area contributed by atoms with Crippen molar-refractivity contribution in [2.45, 2.75) is 39.5 Å². The number of aromatic nitrogens is 2. The van der Waals surface area contributed by atoms with E-state index in [9.17, 15) is 4.79 Å². The molecule has 0 aliphatic carbocycles. The van der Waals surface area contributed by atoms with E-state index in [1.54, 1.807) is 24.5 Å². The lowest BCUT2D eigenvalue weighted by molar-refractivity contribution is -0.115. The molecular formula is C23H25N3O2. The fraction of sp³-hybridized carbons (Fsp3) is 0.261. The fourth-order valence-electron chi connectivity index (χ4n) is 2.87. The van der Waals surface area contributed by atoms with E-state index in [-0.39, 0.29) is 5.91 Å². The molecule has 1 heterocycles. The normalized spacial score (nSPS) is 10.5. The molecule has 0 bridgehead atoms. The van der Waals surface area contributed by atoms with Gasteiger partial charge >= 0.3 is 6.01 Å². The van der Waals surface area contributed by atoms with Gasteiger partial charge in [-0.05, 0) is 60.7 Å². The zero-order valence-electron chi connectivity index (χ0n) is 16.3. The van der Waals surface area contributed by atoms with Gasteiger partial charge < -0.3 is 10.1 Å². The lowest BCUT2D eigenvalue weighted by Gasteiger charge is -2.11. The maximum absolute atomic E-state index is 12.4. The number of nitrogens with one attached hydrogen (secondary N) is 1. The Balaban J connectivity index is 1.57. The van der Waals surface area contributed by atoms with Gasteiger partial charge in [-0.15, -0.1) is 0 Å². The van der Waals surface area contributed by atoms with E-state index < -0.39 is 0 Å². The Hall–Kier alpha value is -3.21. The minimum absolute atomic E-state index is 0.0375. The van der Waals surface area contributed by atoms with Crippen molar-refractivity contribution in [1.82, 2.24) is 9.97 Å². The van der Waals surface area contributed by atoms with E-state index in [1.165, 1.54) is 18.4 Å². The number of rotatable bonds is 8. The summed E-state index contributed by atoms with van der Waals surface area (Å²) in [5.74, 6) is 0.592. The van der Waals surface area contributed by atoms with Gasteiger partial charge in [0.2, 0.25) is 5.91 Å². The van der Waals surface area contributed by atoms with Gasteiger partial charge in [-0.1, -0.05) is 37.6 Å². The smallest absolute Gasteiger partial charge is 0.321 e. The third-order valence-corrected chi connectivity index (χ3v) is 4.43. The number of anilines is 1. The summed E-state index contributed by atoms with van der Waals surface area (Å²) in [6, 6.07) is 15.8. The molecule has 0 atom stereocenters. The van der Waals surface area contributed by atoms with Gasteiger partial charge in [0.05, 0.1) is 6.42 Å². The summed E-state index contributed by atoms with van der Waals surface area (Å²) in [6.07, 6.45) is 7.06. The Bertz CT molecular complexity index is 909. The van der Waals surface area contributed by atoms with Crippen molar-refractivity contribution in [3.63, 3.8) is 0 Å². The van der Waals surface area contributed by atoms with Crippen LogP contribution in [0.15, 0.2) is 60.9 Å². The second-order valence-corrected chi connectivity index (χ2v) is 6.76. The molecule has 5 heteroatoms. The van der Waals surface area contributed by atoms with E-state index in [4.69, 9.17) is 4.74 Å². The van der Waals surface area contributed by atoms with Crippen LogP contribution < -0.4 is 10.1 Å². The van der Waals surface area contributed by atoms with Gasteiger partial charge in [-0.3, -0.25) is 4.79 Å². The highest BCUT2D eigenvalue weighted by molar-refractivity contribution is 5.93. The van der Waals surface area contributed by atoms with Gasteiger partial charge in [-0.25, -0.2) is 9.97 Å². The molecule has 1 amide bonds. The number of ether oxygens (including phenoxy) is 1. The van der Waals surface area contributed by atoms with Crippen LogP contribution in [-0.2, 0) is 17.6 Å². The summed E-state index contributed by atoms with van der Waals surface area (Å²) in [7, 11) is 0. The molecular weight excluding hydrogens is 350 g/mol. The molecule has 144 valence electrons. The molecule has 0 unspecified atom stereocenters. The van der Waals surface area contributed by atoms with Crippen LogP contribution in [0.2, 0.25) is 0 Å². The topological polar surface area (TPSA) is 64.1 Å². The number of amides is 1. The van der Waals surface area contributed by atoms with Crippen LogP contribution in [-0.4, -0.2) is 15.9 Å². The lowest BCUT2D eigenvalue weighted by Crippen LogP contribution is -2.15. The van der Waals surface area contributed by atoms with Crippen LogP contribution in [0.3, 0.4) is 0 Å². The SMILES string of the molecule is CCCCc1ccc(CC(=O)Nc2ccc(Oc3ncccn3)cc2C)cc1. The van der Waals surface area contributed by atoms with Gasteiger partial charge in [0, 0.05) is 18.1 Å². The van der Waals surface area contributed by atoms with Gasteiger partial charge in [0.15, 0.2) is 0 Å². The Labute approximate surface area is 165 Å². The number of carbonyl (C=O) groups is 1. The summed E-state index contributed by atoms with van der Waals surface area (Å²) in [5.41, 5.74) is 4.01. The predicted molar refractivity (Wildman–Crippen MR) is 111 cm³/mol. The van der Waals surface area contributed by atoms with Crippen molar-refractivity contribution >= 4 is 11.6 Å². The molecule has 0 radical (unpaired) electrons. The van der Waals surface area contributed by atoms with Crippen LogP contribution in [0.1, 0.15) is 36.5 Å².